The number of likely N-dealkylation sites (N-methyl/N-ethyl adjacent to an activating group) is 1. The quantitative estimate of drug-likeness (QED) is 0.858. The van der Waals surface area contributed by atoms with Crippen molar-refractivity contribution in [2.75, 3.05) is 19.6 Å². The fourth-order valence-corrected chi connectivity index (χ4v) is 2.99. The van der Waals surface area contributed by atoms with Crippen LogP contribution in [0.15, 0.2) is 0 Å². The molecule has 0 unspecified atom stereocenters. The zero-order chi connectivity index (χ0) is 14.0. The van der Waals surface area contributed by atoms with E-state index in [2.05, 4.69) is 5.32 Å². The molecular formula is C13H21F3N2O. The van der Waals surface area contributed by atoms with Crippen LogP contribution < -0.4 is 5.32 Å². The van der Waals surface area contributed by atoms with Gasteiger partial charge in [-0.3, -0.25) is 4.79 Å². The maximum atomic E-state index is 12.6. The van der Waals surface area contributed by atoms with Gasteiger partial charge in [0.25, 0.3) is 0 Å². The van der Waals surface area contributed by atoms with Gasteiger partial charge in [-0.05, 0) is 32.6 Å². The first kappa shape index (κ1) is 14.6. The van der Waals surface area contributed by atoms with Gasteiger partial charge in [-0.15, -0.1) is 0 Å². The molecule has 2 rings (SSSR count). The highest BCUT2D eigenvalue weighted by Crippen LogP contribution is 2.40. The summed E-state index contributed by atoms with van der Waals surface area (Å²) in [7, 11) is 0. The molecular weight excluding hydrogens is 257 g/mol. The average molecular weight is 278 g/mol. The van der Waals surface area contributed by atoms with Gasteiger partial charge in [-0.25, -0.2) is 0 Å². The van der Waals surface area contributed by atoms with Crippen molar-refractivity contribution >= 4 is 5.91 Å². The van der Waals surface area contributed by atoms with Gasteiger partial charge in [0.15, 0.2) is 0 Å². The Balaban J connectivity index is 1.88. The second-order valence-corrected chi connectivity index (χ2v) is 5.53. The third-order valence-electron chi connectivity index (χ3n) is 4.36. The molecule has 110 valence electrons. The van der Waals surface area contributed by atoms with Crippen LogP contribution in [0, 0.1) is 11.8 Å². The largest absolute Gasteiger partial charge is 0.391 e. The monoisotopic (exact) mass is 278 g/mol. The van der Waals surface area contributed by atoms with Gasteiger partial charge >= 0.3 is 6.18 Å². The lowest BCUT2D eigenvalue weighted by molar-refractivity contribution is -0.185. The SMILES string of the molecule is CCN(C(=O)C1CCC(C(F)(F)F)CC1)C1CNC1. The average Bonchev–Trinajstić information content (AvgIpc) is 2.31. The van der Waals surface area contributed by atoms with Crippen molar-refractivity contribution < 1.29 is 18.0 Å². The Morgan fingerprint density at radius 1 is 1.21 bits per heavy atom. The van der Waals surface area contributed by atoms with E-state index in [1.54, 1.807) is 0 Å². The van der Waals surface area contributed by atoms with E-state index in [0.717, 1.165) is 13.1 Å². The highest BCUT2D eigenvalue weighted by Gasteiger charge is 2.43. The number of amides is 1. The highest BCUT2D eigenvalue weighted by molar-refractivity contribution is 5.79. The van der Waals surface area contributed by atoms with Crippen LogP contribution in [-0.2, 0) is 4.79 Å². The molecule has 1 heterocycles. The minimum atomic E-state index is -4.10. The summed E-state index contributed by atoms with van der Waals surface area (Å²) in [5.41, 5.74) is 0. The van der Waals surface area contributed by atoms with Crippen LogP contribution in [0.4, 0.5) is 13.2 Å². The first-order valence-electron chi connectivity index (χ1n) is 7.01. The van der Waals surface area contributed by atoms with Crippen LogP contribution in [-0.4, -0.2) is 42.7 Å². The van der Waals surface area contributed by atoms with E-state index < -0.39 is 12.1 Å². The van der Waals surface area contributed by atoms with E-state index in [1.165, 1.54) is 0 Å². The van der Waals surface area contributed by atoms with E-state index in [4.69, 9.17) is 0 Å². The number of carbonyl (C=O) groups excluding carboxylic acids is 1. The maximum absolute atomic E-state index is 12.6. The second kappa shape index (κ2) is 5.69. The van der Waals surface area contributed by atoms with Crippen molar-refractivity contribution in [2.45, 2.75) is 44.8 Å². The predicted molar refractivity (Wildman–Crippen MR) is 65.5 cm³/mol. The van der Waals surface area contributed by atoms with E-state index in [1.807, 2.05) is 11.8 Å². The van der Waals surface area contributed by atoms with Crippen molar-refractivity contribution in [3.05, 3.63) is 0 Å². The Bertz CT molecular complexity index is 320. The molecule has 1 N–H and O–H groups in total. The van der Waals surface area contributed by atoms with E-state index in [9.17, 15) is 18.0 Å². The Morgan fingerprint density at radius 2 is 1.79 bits per heavy atom. The molecule has 19 heavy (non-hydrogen) atoms. The minimum Gasteiger partial charge on any atom is -0.337 e. The molecule has 0 atom stereocenters. The fraction of sp³-hybridized carbons (Fsp3) is 0.923. The molecule has 6 heteroatoms. The lowest BCUT2D eigenvalue weighted by atomic mass is 9.80. The normalized spacial score (nSPS) is 28.8. The smallest absolute Gasteiger partial charge is 0.337 e. The third kappa shape index (κ3) is 3.22. The summed E-state index contributed by atoms with van der Waals surface area (Å²) < 4.78 is 37.7. The molecule has 0 aromatic carbocycles. The topological polar surface area (TPSA) is 32.3 Å². The number of nitrogens with zero attached hydrogens (tertiary/aromatic N) is 1. The van der Waals surface area contributed by atoms with Crippen LogP contribution in [0.1, 0.15) is 32.6 Å². The van der Waals surface area contributed by atoms with Gasteiger partial charge in [0.2, 0.25) is 5.91 Å². The van der Waals surface area contributed by atoms with Crippen LogP contribution in [0.2, 0.25) is 0 Å². The van der Waals surface area contributed by atoms with Crippen molar-refractivity contribution in [1.82, 2.24) is 10.2 Å². The van der Waals surface area contributed by atoms with Gasteiger partial charge in [0.05, 0.1) is 12.0 Å². The second-order valence-electron chi connectivity index (χ2n) is 5.53. The number of halogens is 3. The Kier molecular flexibility index (Phi) is 4.38. The summed E-state index contributed by atoms with van der Waals surface area (Å²) in [6.07, 6.45) is -3.16. The van der Waals surface area contributed by atoms with E-state index >= 15 is 0 Å². The fourth-order valence-electron chi connectivity index (χ4n) is 2.99. The first-order chi connectivity index (χ1) is 8.93. The molecule has 0 radical (unpaired) electrons. The Morgan fingerprint density at radius 3 is 2.16 bits per heavy atom. The number of carbonyl (C=O) groups is 1. The lowest BCUT2D eigenvalue weighted by Crippen LogP contribution is -2.59. The van der Waals surface area contributed by atoms with Crippen LogP contribution >= 0.6 is 0 Å². The molecule has 1 aliphatic carbocycles. The lowest BCUT2D eigenvalue weighted by Gasteiger charge is -2.40. The van der Waals surface area contributed by atoms with Crippen LogP contribution in [0.3, 0.4) is 0 Å². The summed E-state index contributed by atoms with van der Waals surface area (Å²) in [5, 5.41) is 3.12. The molecule has 0 bridgehead atoms. The Hall–Kier alpha value is -0.780. The maximum Gasteiger partial charge on any atom is 0.391 e. The molecule has 1 amide bonds. The van der Waals surface area contributed by atoms with Crippen molar-refractivity contribution in [3.63, 3.8) is 0 Å². The third-order valence-corrected chi connectivity index (χ3v) is 4.36. The molecule has 1 aliphatic heterocycles. The summed E-state index contributed by atoms with van der Waals surface area (Å²) >= 11 is 0. The summed E-state index contributed by atoms with van der Waals surface area (Å²) in [6, 6.07) is 0.234. The number of hydrogen-bond donors (Lipinski definition) is 1. The number of hydrogen-bond acceptors (Lipinski definition) is 2. The molecule has 3 nitrogen and oxygen atoms in total. The first-order valence-corrected chi connectivity index (χ1v) is 7.01. The van der Waals surface area contributed by atoms with E-state index in [0.29, 0.717) is 19.4 Å². The molecule has 2 fully saturated rings. The number of alkyl halides is 3. The van der Waals surface area contributed by atoms with Crippen molar-refractivity contribution in [1.29, 1.82) is 0 Å². The van der Waals surface area contributed by atoms with Gasteiger partial charge in [0.1, 0.15) is 0 Å². The van der Waals surface area contributed by atoms with Gasteiger partial charge in [0, 0.05) is 25.6 Å². The van der Waals surface area contributed by atoms with Crippen molar-refractivity contribution in [3.8, 4) is 0 Å². The highest BCUT2D eigenvalue weighted by atomic mass is 19.4. The summed E-state index contributed by atoms with van der Waals surface area (Å²) in [5.74, 6) is -1.37. The molecule has 0 spiro atoms. The zero-order valence-corrected chi connectivity index (χ0v) is 11.2. The standard InChI is InChI=1S/C13H21F3N2O/c1-2-18(11-7-17-8-11)12(19)9-3-5-10(6-4-9)13(14,15)16/h9-11,17H,2-8H2,1H3. The molecule has 0 aromatic heterocycles. The predicted octanol–water partition coefficient (Wildman–Crippen LogP) is 2.18. The van der Waals surface area contributed by atoms with Crippen LogP contribution in [0.25, 0.3) is 0 Å². The molecule has 2 aliphatic rings. The van der Waals surface area contributed by atoms with Gasteiger partial charge in [-0.1, -0.05) is 0 Å². The number of rotatable bonds is 3. The Labute approximate surface area is 111 Å². The zero-order valence-electron chi connectivity index (χ0n) is 11.2. The molecule has 1 saturated heterocycles. The minimum absolute atomic E-state index is 0.0506. The van der Waals surface area contributed by atoms with Gasteiger partial charge in [-0.2, -0.15) is 13.2 Å². The van der Waals surface area contributed by atoms with Crippen LogP contribution in [0.5, 0.6) is 0 Å². The van der Waals surface area contributed by atoms with E-state index in [-0.39, 0.29) is 30.7 Å². The summed E-state index contributed by atoms with van der Waals surface area (Å²) in [6.45, 7) is 4.18. The number of nitrogens with one attached hydrogen (secondary N) is 1. The molecule has 1 saturated carbocycles. The molecule has 0 aromatic rings. The van der Waals surface area contributed by atoms with Crippen molar-refractivity contribution in [2.24, 2.45) is 11.8 Å². The van der Waals surface area contributed by atoms with Gasteiger partial charge < -0.3 is 10.2 Å². The summed E-state index contributed by atoms with van der Waals surface area (Å²) in [4.78, 5) is 14.2.